The van der Waals surface area contributed by atoms with Crippen LogP contribution in [0.1, 0.15) is 5.56 Å². The summed E-state index contributed by atoms with van der Waals surface area (Å²) in [5.74, 6) is 1.44. The molecule has 3 nitrogen and oxygen atoms in total. The molecule has 0 aliphatic carbocycles. The van der Waals surface area contributed by atoms with Crippen molar-refractivity contribution >= 4 is 0 Å². The largest absolute Gasteiger partial charge is 0.496 e. The molecule has 1 radical (unpaired) electrons. The third kappa shape index (κ3) is 2.70. The first kappa shape index (κ1) is 15.6. The van der Waals surface area contributed by atoms with Crippen molar-refractivity contribution < 1.29 is 9.47 Å². The van der Waals surface area contributed by atoms with Crippen molar-refractivity contribution in [1.29, 1.82) is 5.26 Å². The van der Waals surface area contributed by atoms with Gasteiger partial charge in [-0.25, -0.2) is 0 Å². The Balaban J connectivity index is 2.27. The van der Waals surface area contributed by atoms with Crippen molar-refractivity contribution in [2.45, 2.75) is 0 Å². The number of rotatable bonds is 4. The number of ether oxygens (including phenoxy) is 2. The molecule has 0 saturated carbocycles. The van der Waals surface area contributed by atoms with Gasteiger partial charge in [0, 0.05) is 22.3 Å². The number of nitrogens with zero attached hydrogens (tertiary/aromatic N) is 1. The fourth-order valence-electron chi connectivity index (χ4n) is 2.78. The Morgan fingerprint density at radius 1 is 0.750 bits per heavy atom. The zero-order valence-corrected chi connectivity index (χ0v) is 13.5. The number of benzene rings is 3. The van der Waals surface area contributed by atoms with E-state index in [4.69, 9.17) is 9.47 Å². The van der Waals surface area contributed by atoms with Crippen molar-refractivity contribution in [2.75, 3.05) is 14.2 Å². The number of hydrogen-bond donors (Lipinski definition) is 0. The van der Waals surface area contributed by atoms with E-state index in [9.17, 15) is 5.26 Å². The third-order valence-corrected chi connectivity index (χ3v) is 3.90. The topological polar surface area (TPSA) is 42.2 Å². The molecular formula is C21H16NO2. The van der Waals surface area contributed by atoms with Gasteiger partial charge in [-0.1, -0.05) is 36.4 Å². The molecule has 3 aromatic carbocycles. The van der Waals surface area contributed by atoms with Crippen molar-refractivity contribution in [3.63, 3.8) is 0 Å². The lowest BCUT2D eigenvalue weighted by atomic mass is 9.91. The molecular weight excluding hydrogens is 298 g/mol. The lowest BCUT2D eigenvalue weighted by Gasteiger charge is -2.14. The summed E-state index contributed by atoms with van der Waals surface area (Å²) in [6, 6.07) is 24.4. The van der Waals surface area contributed by atoms with Gasteiger partial charge >= 0.3 is 0 Å². The van der Waals surface area contributed by atoms with Crippen LogP contribution in [0.15, 0.2) is 60.7 Å². The lowest BCUT2D eigenvalue weighted by Crippen LogP contribution is -1.94. The highest BCUT2D eigenvalue weighted by Crippen LogP contribution is 2.38. The minimum absolute atomic E-state index is 0.572. The van der Waals surface area contributed by atoms with E-state index in [1.807, 2.05) is 60.7 Å². The van der Waals surface area contributed by atoms with Crippen LogP contribution in [0, 0.1) is 17.4 Å². The summed E-state index contributed by atoms with van der Waals surface area (Å²) >= 11 is 0. The second-order valence-corrected chi connectivity index (χ2v) is 5.17. The molecule has 0 saturated heterocycles. The summed E-state index contributed by atoms with van der Waals surface area (Å²) in [6.45, 7) is 0. The third-order valence-electron chi connectivity index (χ3n) is 3.90. The molecule has 0 spiro atoms. The predicted octanol–water partition coefficient (Wildman–Crippen LogP) is 4.71. The normalized spacial score (nSPS) is 10.0. The minimum Gasteiger partial charge on any atom is -0.496 e. The SMILES string of the molecule is COc1ccccc1-c1c[c]cc(-c2ccccc2OC)c1C#N. The Kier molecular flexibility index (Phi) is 4.49. The van der Waals surface area contributed by atoms with E-state index in [1.165, 1.54) is 0 Å². The predicted molar refractivity (Wildman–Crippen MR) is 94.0 cm³/mol. The van der Waals surface area contributed by atoms with Crippen LogP contribution in [0.25, 0.3) is 22.3 Å². The van der Waals surface area contributed by atoms with E-state index in [0.717, 1.165) is 33.8 Å². The molecule has 0 atom stereocenters. The lowest BCUT2D eigenvalue weighted by molar-refractivity contribution is 0.416. The average molecular weight is 314 g/mol. The smallest absolute Gasteiger partial charge is 0.126 e. The van der Waals surface area contributed by atoms with Gasteiger partial charge in [0.25, 0.3) is 0 Å². The highest BCUT2D eigenvalue weighted by atomic mass is 16.5. The molecule has 0 unspecified atom stereocenters. The van der Waals surface area contributed by atoms with E-state index < -0.39 is 0 Å². The van der Waals surface area contributed by atoms with Crippen LogP contribution in [0.2, 0.25) is 0 Å². The van der Waals surface area contributed by atoms with Gasteiger partial charge in [0.05, 0.1) is 19.8 Å². The molecule has 117 valence electrons. The van der Waals surface area contributed by atoms with E-state index in [1.54, 1.807) is 14.2 Å². The minimum atomic E-state index is 0.572. The first-order chi connectivity index (χ1) is 11.8. The molecule has 0 heterocycles. The fourth-order valence-corrected chi connectivity index (χ4v) is 2.78. The standard InChI is InChI=1S/C21H16NO2/c1-23-20-12-5-3-8-17(20)15-10-7-11-16(19(15)14-22)18-9-4-6-13-21(18)24-2/h3-6,8-13H,1-2H3. The van der Waals surface area contributed by atoms with E-state index >= 15 is 0 Å². The number of nitriles is 1. The van der Waals surface area contributed by atoms with E-state index in [0.29, 0.717) is 5.56 Å². The maximum absolute atomic E-state index is 9.80. The molecule has 0 aliphatic heterocycles. The first-order valence-electron chi connectivity index (χ1n) is 7.51. The van der Waals surface area contributed by atoms with Crippen molar-refractivity contribution in [3.8, 4) is 39.8 Å². The van der Waals surface area contributed by atoms with Crippen LogP contribution in [0.3, 0.4) is 0 Å². The zero-order valence-electron chi connectivity index (χ0n) is 13.5. The number of hydrogen-bond acceptors (Lipinski definition) is 3. The van der Waals surface area contributed by atoms with Gasteiger partial charge < -0.3 is 9.47 Å². The zero-order chi connectivity index (χ0) is 16.9. The molecule has 0 aliphatic rings. The number of para-hydroxylation sites is 2. The molecule has 0 amide bonds. The fraction of sp³-hybridized carbons (Fsp3) is 0.0952. The molecule has 0 fully saturated rings. The van der Waals surface area contributed by atoms with Crippen molar-refractivity contribution in [2.24, 2.45) is 0 Å². The summed E-state index contributed by atoms with van der Waals surface area (Å²) in [7, 11) is 3.25. The Bertz CT molecular complexity index is 844. The summed E-state index contributed by atoms with van der Waals surface area (Å²) in [5, 5.41) is 9.80. The maximum Gasteiger partial charge on any atom is 0.126 e. The second-order valence-electron chi connectivity index (χ2n) is 5.17. The Labute approximate surface area is 141 Å². The summed E-state index contributed by atoms with van der Waals surface area (Å²) in [5.41, 5.74) is 3.88. The average Bonchev–Trinajstić information content (AvgIpc) is 2.67. The maximum atomic E-state index is 9.80. The van der Waals surface area contributed by atoms with Crippen LogP contribution in [0.5, 0.6) is 11.5 Å². The van der Waals surface area contributed by atoms with Gasteiger partial charge in [-0.15, -0.1) is 0 Å². The molecule has 3 heteroatoms. The van der Waals surface area contributed by atoms with Gasteiger partial charge in [0.1, 0.15) is 17.6 Å². The van der Waals surface area contributed by atoms with Crippen LogP contribution in [-0.2, 0) is 0 Å². The Morgan fingerprint density at radius 2 is 1.21 bits per heavy atom. The van der Waals surface area contributed by atoms with Crippen LogP contribution >= 0.6 is 0 Å². The monoisotopic (exact) mass is 314 g/mol. The van der Waals surface area contributed by atoms with Crippen LogP contribution in [-0.4, -0.2) is 14.2 Å². The highest BCUT2D eigenvalue weighted by molar-refractivity contribution is 5.85. The van der Waals surface area contributed by atoms with Crippen molar-refractivity contribution in [1.82, 2.24) is 0 Å². The van der Waals surface area contributed by atoms with Crippen LogP contribution in [0.4, 0.5) is 0 Å². The highest BCUT2D eigenvalue weighted by Gasteiger charge is 2.16. The summed E-state index contributed by atoms with van der Waals surface area (Å²) < 4.78 is 10.9. The van der Waals surface area contributed by atoms with E-state index in [2.05, 4.69) is 12.1 Å². The number of methoxy groups -OCH3 is 2. The summed E-state index contributed by atoms with van der Waals surface area (Å²) in [6.07, 6.45) is 0. The van der Waals surface area contributed by atoms with Crippen molar-refractivity contribution in [3.05, 3.63) is 72.3 Å². The Morgan fingerprint density at radius 3 is 1.62 bits per heavy atom. The van der Waals surface area contributed by atoms with Gasteiger partial charge in [-0.05, 0) is 30.3 Å². The molecule has 0 N–H and O–H groups in total. The Hall–Kier alpha value is -3.25. The van der Waals surface area contributed by atoms with Crippen LogP contribution < -0.4 is 9.47 Å². The van der Waals surface area contributed by atoms with Gasteiger partial charge in [0.15, 0.2) is 0 Å². The first-order valence-corrected chi connectivity index (χ1v) is 7.51. The van der Waals surface area contributed by atoms with E-state index in [-0.39, 0.29) is 0 Å². The molecule has 24 heavy (non-hydrogen) atoms. The molecule has 3 aromatic rings. The van der Waals surface area contributed by atoms with Gasteiger partial charge in [0.2, 0.25) is 0 Å². The summed E-state index contributed by atoms with van der Waals surface area (Å²) in [4.78, 5) is 0. The molecule has 3 rings (SSSR count). The van der Waals surface area contributed by atoms with Gasteiger partial charge in [-0.3, -0.25) is 0 Å². The molecule has 0 bridgehead atoms. The van der Waals surface area contributed by atoms with Gasteiger partial charge in [-0.2, -0.15) is 5.26 Å². The second kappa shape index (κ2) is 6.89. The quantitative estimate of drug-likeness (QED) is 0.700. The molecule has 0 aromatic heterocycles.